The molecule has 1 aromatic rings. The van der Waals surface area contributed by atoms with Gasteiger partial charge in [0.2, 0.25) is 0 Å². The molecule has 7 heteroatoms. The molecule has 0 amide bonds. The molecule has 0 aromatic heterocycles. The van der Waals surface area contributed by atoms with Gasteiger partial charge in [-0.3, -0.25) is 4.57 Å². The first-order valence-electron chi connectivity index (χ1n) is 8.12. The van der Waals surface area contributed by atoms with Crippen molar-refractivity contribution >= 4 is 17.4 Å². The van der Waals surface area contributed by atoms with Gasteiger partial charge >= 0.3 is 7.60 Å². The van der Waals surface area contributed by atoms with Gasteiger partial charge in [0.15, 0.2) is 14.3 Å². The topological polar surface area (TPSA) is 69.7 Å². The fourth-order valence-electron chi connectivity index (χ4n) is 3.23. The molecule has 0 bridgehead atoms. The lowest BCUT2D eigenvalue weighted by Gasteiger charge is -2.40. The molecule has 2 rings (SSSR count). The zero-order valence-electron chi connectivity index (χ0n) is 13.7. The van der Waals surface area contributed by atoms with Crippen molar-refractivity contribution in [3.05, 3.63) is 30.3 Å². The summed E-state index contributed by atoms with van der Waals surface area (Å²) in [4.78, 5) is 0.182. The van der Waals surface area contributed by atoms with E-state index in [4.69, 9.17) is 9.05 Å². The van der Waals surface area contributed by atoms with Crippen molar-refractivity contribution in [1.82, 2.24) is 0 Å². The van der Waals surface area contributed by atoms with E-state index < -0.39 is 21.9 Å². The normalized spacial score (nSPS) is 18.7. The Morgan fingerprint density at radius 2 is 1.52 bits per heavy atom. The average molecular weight is 360 g/mol. The van der Waals surface area contributed by atoms with Gasteiger partial charge in [-0.2, -0.15) is 0 Å². The molecule has 0 radical (unpaired) electrons. The third kappa shape index (κ3) is 3.27. The van der Waals surface area contributed by atoms with Crippen molar-refractivity contribution in [2.24, 2.45) is 0 Å². The molecule has 1 saturated carbocycles. The molecule has 1 aliphatic carbocycles. The van der Waals surface area contributed by atoms with E-state index in [1.54, 1.807) is 44.2 Å². The second-order valence-corrected chi connectivity index (χ2v) is 10.6. The van der Waals surface area contributed by atoms with E-state index in [1.165, 1.54) is 0 Å². The van der Waals surface area contributed by atoms with Crippen LogP contribution in [0.1, 0.15) is 46.0 Å². The maximum absolute atomic E-state index is 13.5. The minimum absolute atomic E-state index is 0.156. The van der Waals surface area contributed by atoms with Crippen LogP contribution in [0.15, 0.2) is 35.2 Å². The second-order valence-electron chi connectivity index (χ2n) is 5.66. The summed E-state index contributed by atoms with van der Waals surface area (Å²) >= 11 is 0. The van der Waals surface area contributed by atoms with Crippen LogP contribution in [0.3, 0.4) is 0 Å². The Labute approximate surface area is 138 Å². The van der Waals surface area contributed by atoms with Crippen LogP contribution < -0.4 is 0 Å². The highest BCUT2D eigenvalue weighted by atomic mass is 32.2. The maximum Gasteiger partial charge on any atom is 0.352 e. The fraction of sp³-hybridized carbons (Fsp3) is 0.625. The monoisotopic (exact) mass is 360 g/mol. The van der Waals surface area contributed by atoms with Crippen LogP contribution in [0, 0.1) is 0 Å². The summed E-state index contributed by atoms with van der Waals surface area (Å²) in [6.45, 7) is 3.72. The summed E-state index contributed by atoms with van der Waals surface area (Å²) in [7, 11) is -7.64. The molecule has 23 heavy (non-hydrogen) atoms. The molecular weight excluding hydrogens is 335 g/mol. The van der Waals surface area contributed by atoms with Gasteiger partial charge in [0.25, 0.3) is 0 Å². The van der Waals surface area contributed by atoms with Crippen molar-refractivity contribution in [1.29, 1.82) is 0 Å². The molecule has 0 unspecified atom stereocenters. The third-order valence-corrected chi connectivity index (χ3v) is 10.6. The average Bonchev–Trinajstić information content (AvgIpc) is 2.56. The van der Waals surface area contributed by atoms with Gasteiger partial charge in [-0.25, -0.2) is 8.42 Å². The first-order valence-corrected chi connectivity index (χ1v) is 11.1. The van der Waals surface area contributed by atoms with Crippen molar-refractivity contribution in [3.8, 4) is 0 Å². The SMILES string of the molecule is CCOP(=O)(OCC)C1(S(=O)(=O)c2ccccc2)CCCCC1. The van der Waals surface area contributed by atoms with E-state index in [0.29, 0.717) is 25.7 Å². The summed E-state index contributed by atoms with van der Waals surface area (Å²) in [6.07, 6.45) is 2.96. The van der Waals surface area contributed by atoms with E-state index >= 15 is 0 Å². The first kappa shape index (κ1) is 18.7. The lowest BCUT2D eigenvalue weighted by molar-refractivity contribution is 0.198. The zero-order valence-corrected chi connectivity index (χ0v) is 15.4. The van der Waals surface area contributed by atoms with Crippen molar-refractivity contribution in [3.63, 3.8) is 0 Å². The van der Waals surface area contributed by atoms with Gasteiger partial charge in [-0.05, 0) is 38.8 Å². The molecule has 0 N–H and O–H groups in total. The Hall–Kier alpha value is -0.680. The molecule has 5 nitrogen and oxygen atoms in total. The van der Waals surface area contributed by atoms with E-state index in [9.17, 15) is 13.0 Å². The molecule has 1 aromatic carbocycles. The summed E-state index contributed by atoms with van der Waals surface area (Å²) in [5.41, 5.74) is 0. The molecular formula is C16H25O5PS. The summed E-state index contributed by atoms with van der Waals surface area (Å²) in [5.74, 6) is 0. The second kappa shape index (κ2) is 7.47. The molecule has 0 saturated heterocycles. The predicted octanol–water partition coefficient (Wildman–Crippen LogP) is 4.39. The van der Waals surface area contributed by atoms with Gasteiger partial charge in [0.1, 0.15) is 0 Å². The Morgan fingerprint density at radius 1 is 1.00 bits per heavy atom. The van der Waals surface area contributed by atoms with Crippen LogP contribution in [0.4, 0.5) is 0 Å². The van der Waals surface area contributed by atoms with Gasteiger partial charge in [-0.15, -0.1) is 0 Å². The van der Waals surface area contributed by atoms with Crippen molar-refractivity contribution < 1.29 is 22.0 Å². The molecule has 130 valence electrons. The largest absolute Gasteiger partial charge is 0.352 e. The lowest BCUT2D eigenvalue weighted by Crippen LogP contribution is -2.41. The number of benzene rings is 1. The van der Waals surface area contributed by atoms with Crippen LogP contribution >= 0.6 is 7.60 Å². The minimum atomic E-state index is -3.84. The molecule has 0 atom stereocenters. The first-order chi connectivity index (χ1) is 10.9. The van der Waals surface area contributed by atoms with Gasteiger partial charge in [0.05, 0.1) is 18.1 Å². The zero-order chi connectivity index (χ0) is 17.0. The van der Waals surface area contributed by atoms with Crippen LogP contribution in [0.2, 0.25) is 0 Å². The van der Waals surface area contributed by atoms with E-state index in [2.05, 4.69) is 0 Å². The van der Waals surface area contributed by atoms with Gasteiger partial charge < -0.3 is 9.05 Å². The van der Waals surface area contributed by atoms with E-state index in [-0.39, 0.29) is 18.1 Å². The molecule has 1 aliphatic rings. The quantitative estimate of drug-likeness (QED) is 0.675. The fourth-order valence-corrected chi connectivity index (χ4v) is 8.90. The standard InChI is InChI=1S/C16H25O5PS/c1-3-20-22(17,21-4-2)16(13-9-6-10-14-16)23(18,19)15-11-7-5-8-12-15/h5,7-8,11-12H,3-4,6,9-10,13-14H2,1-2H3. The van der Waals surface area contributed by atoms with Crippen LogP contribution in [-0.2, 0) is 23.4 Å². The predicted molar refractivity (Wildman–Crippen MR) is 90.3 cm³/mol. The Morgan fingerprint density at radius 3 is 2.00 bits per heavy atom. The maximum atomic E-state index is 13.5. The highest BCUT2D eigenvalue weighted by molar-refractivity contribution is 7.99. The summed E-state index contributed by atoms with van der Waals surface area (Å²) in [6, 6.07) is 8.21. The van der Waals surface area contributed by atoms with E-state index in [0.717, 1.165) is 6.42 Å². The summed E-state index contributed by atoms with van der Waals surface area (Å²) < 4.78 is 49.7. The number of hydrogen-bond acceptors (Lipinski definition) is 5. The third-order valence-electron chi connectivity index (χ3n) is 4.29. The van der Waals surface area contributed by atoms with Crippen LogP contribution in [0.25, 0.3) is 0 Å². The number of hydrogen-bond donors (Lipinski definition) is 0. The van der Waals surface area contributed by atoms with Gasteiger partial charge in [-0.1, -0.05) is 37.5 Å². The van der Waals surface area contributed by atoms with Gasteiger partial charge in [0, 0.05) is 0 Å². The summed E-state index contributed by atoms with van der Waals surface area (Å²) in [5, 5.41) is 0. The lowest BCUT2D eigenvalue weighted by atomic mass is 10.00. The highest BCUT2D eigenvalue weighted by Gasteiger charge is 2.60. The Bertz CT molecular complexity index is 640. The number of sulfone groups is 1. The molecule has 0 spiro atoms. The smallest absolute Gasteiger partial charge is 0.308 e. The molecule has 1 fully saturated rings. The Balaban J connectivity index is 2.62. The van der Waals surface area contributed by atoms with Crippen molar-refractivity contribution in [2.45, 2.75) is 55.3 Å². The molecule has 0 heterocycles. The van der Waals surface area contributed by atoms with Crippen molar-refractivity contribution in [2.75, 3.05) is 13.2 Å². The number of rotatable bonds is 7. The Kier molecular flexibility index (Phi) is 6.06. The molecule has 0 aliphatic heterocycles. The highest BCUT2D eigenvalue weighted by Crippen LogP contribution is 2.68. The minimum Gasteiger partial charge on any atom is -0.308 e. The van der Waals surface area contributed by atoms with E-state index in [1.807, 2.05) is 0 Å². The van der Waals surface area contributed by atoms with Crippen LogP contribution in [-0.4, -0.2) is 26.1 Å². The van der Waals surface area contributed by atoms with Crippen LogP contribution in [0.5, 0.6) is 0 Å².